The van der Waals surface area contributed by atoms with E-state index in [1.54, 1.807) is 24.3 Å². The number of amides is 1. The summed E-state index contributed by atoms with van der Waals surface area (Å²) in [6.07, 6.45) is 0. The Kier molecular flexibility index (Phi) is 5.56. The second-order valence-electron chi connectivity index (χ2n) is 6.51. The van der Waals surface area contributed by atoms with Gasteiger partial charge in [0.2, 0.25) is 5.91 Å². The minimum atomic E-state index is -0.484. The average Bonchev–Trinajstić information content (AvgIpc) is 2.68. The molecule has 1 saturated heterocycles. The van der Waals surface area contributed by atoms with Crippen molar-refractivity contribution in [1.29, 1.82) is 0 Å². The number of phenols is 1. The molecule has 1 amide bonds. The Morgan fingerprint density at radius 2 is 1.81 bits per heavy atom. The second kappa shape index (κ2) is 8.05. The van der Waals surface area contributed by atoms with Crippen molar-refractivity contribution in [3.63, 3.8) is 0 Å². The van der Waals surface area contributed by atoms with Crippen LogP contribution >= 0.6 is 0 Å². The van der Waals surface area contributed by atoms with Crippen molar-refractivity contribution >= 4 is 23.0 Å². The molecule has 0 saturated carbocycles. The largest absolute Gasteiger partial charge is 0.508 e. The van der Waals surface area contributed by atoms with Crippen molar-refractivity contribution in [1.82, 2.24) is 4.90 Å². The SMILES string of the molecule is C[C@@H](C(=O)Nc1cccc([N+](=O)[O-])c1)N1CCN(c2ccc(O)cc2)CC1. The van der Waals surface area contributed by atoms with Gasteiger partial charge in [0.05, 0.1) is 11.0 Å². The van der Waals surface area contributed by atoms with E-state index in [4.69, 9.17) is 0 Å². The lowest BCUT2D eigenvalue weighted by Gasteiger charge is -2.38. The number of carbonyl (C=O) groups excluding carboxylic acids is 1. The van der Waals surface area contributed by atoms with E-state index < -0.39 is 4.92 Å². The fraction of sp³-hybridized carbons (Fsp3) is 0.316. The van der Waals surface area contributed by atoms with Gasteiger partial charge in [0.25, 0.3) is 5.69 Å². The first-order chi connectivity index (χ1) is 12.9. The number of benzene rings is 2. The number of aromatic hydroxyl groups is 1. The topological polar surface area (TPSA) is 98.9 Å². The summed E-state index contributed by atoms with van der Waals surface area (Å²) >= 11 is 0. The number of anilines is 2. The highest BCUT2D eigenvalue weighted by atomic mass is 16.6. The maximum atomic E-state index is 12.5. The minimum Gasteiger partial charge on any atom is -0.508 e. The third-order valence-electron chi connectivity index (χ3n) is 4.78. The lowest BCUT2D eigenvalue weighted by Crippen LogP contribution is -2.52. The van der Waals surface area contributed by atoms with Gasteiger partial charge in [0, 0.05) is 49.7 Å². The van der Waals surface area contributed by atoms with E-state index in [1.807, 2.05) is 19.1 Å². The molecule has 0 aliphatic carbocycles. The summed E-state index contributed by atoms with van der Waals surface area (Å²) in [5.74, 6) is 0.0532. The monoisotopic (exact) mass is 370 g/mol. The molecule has 0 spiro atoms. The van der Waals surface area contributed by atoms with Gasteiger partial charge in [0.15, 0.2) is 0 Å². The van der Waals surface area contributed by atoms with E-state index in [0.29, 0.717) is 5.69 Å². The predicted molar refractivity (Wildman–Crippen MR) is 103 cm³/mol. The molecule has 1 heterocycles. The molecule has 2 aromatic carbocycles. The van der Waals surface area contributed by atoms with Crippen molar-refractivity contribution in [3.8, 4) is 5.75 Å². The molecule has 27 heavy (non-hydrogen) atoms. The highest BCUT2D eigenvalue weighted by Gasteiger charge is 2.26. The van der Waals surface area contributed by atoms with E-state index in [0.717, 1.165) is 31.9 Å². The lowest BCUT2D eigenvalue weighted by molar-refractivity contribution is -0.384. The normalized spacial score (nSPS) is 16.0. The number of nitro groups is 1. The van der Waals surface area contributed by atoms with Crippen LogP contribution in [0.2, 0.25) is 0 Å². The Morgan fingerprint density at radius 3 is 2.44 bits per heavy atom. The van der Waals surface area contributed by atoms with Crippen LogP contribution in [0.4, 0.5) is 17.1 Å². The maximum Gasteiger partial charge on any atom is 0.271 e. The van der Waals surface area contributed by atoms with Gasteiger partial charge in [-0.1, -0.05) is 6.07 Å². The molecule has 3 rings (SSSR count). The van der Waals surface area contributed by atoms with Gasteiger partial charge < -0.3 is 15.3 Å². The summed E-state index contributed by atoms with van der Waals surface area (Å²) in [7, 11) is 0. The molecule has 2 N–H and O–H groups in total. The summed E-state index contributed by atoms with van der Waals surface area (Å²) < 4.78 is 0. The van der Waals surface area contributed by atoms with Gasteiger partial charge in [-0.25, -0.2) is 0 Å². The number of rotatable bonds is 5. The summed E-state index contributed by atoms with van der Waals surface area (Å²) in [6.45, 7) is 4.84. The van der Waals surface area contributed by atoms with Crippen molar-refractivity contribution in [2.24, 2.45) is 0 Å². The zero-order valence-corrected chi connectivity index (χ0v) is 15.0. The first-order valence-electron chi connectivity index (χ1n) is 8.77. The Bertz CT molecular complexity index is 817. The number of phenolic OH excluding ortho intramolecular Hbond substituents is 1. The molecule has 0 unspecified atom stereocenters. The first-order valence-corrected chi connectivity index (χ1v) is 8.77. The van der Waals surface area contributed by atoms with Gasteiger partial charge in [-0.2, -0.15) is 0 Å². The van der Waals surface area contributed by atoms with Crippen molar-refractivity contribution < 1.29 is 14.8 Å². The molecular formula is C19H22N4O4. The summed E-state index contributed by atoms with van der Waals surface area (Å²) in [5, 5.41) is 23.0. The van der Waals surface area contributed by atoms with Crippen molar-refractivity contribution in [2.75, 3.05) is 36.4 Å². The molecule has 0 aromatic heterocycles. The zero-order valence-electron chi connectivity index (χ0n) is 15.0. The molecule has 1 aliphatic heterocycles. The molecule has 2 aromatic rings. The molecule has 0 radical (unpaired) electrons. The molecule has 1 atom stereocenters. The summed E-state index contributed by atoms with van der Waals surface area (Å²) in [4.78, 5) is 27.2. The number of non-ortho nitro benzene ring substituents is 1. The molecule has 142 valence electrons. The van der Waals surface area contributed by atoms with Gasteiger partial charge >= 0.3 is 0 Å². The van der Waals surface area contributed by atoms with E-state index in [1.165, 1.54) is 12.1 Å². The van der Waals surface area contributed by atoms with Crippen molar-refractivity contribution in [2.45, 2.75) is 13.0 Å². The third kappa shape index (κ3) is 4.53. The highest BCUT2D eigenvalue weighted by molar-refractivity contribution is 5.94. The van der Waals surface area contributed by atoms with Crippen LogP contribution in [0, 0.1) is 10.1 Å². The van der Waals surface area contributed by atoms with Crippen molar-refractivity contribution in [3.05, 3.63) is 58.6 Å². The minimum absolute atomic E-state index is 0.0528. The van der Waals surface area contributed by atoms with Crippen LogP contribution in [0.15, 0.2) is 48.5 Å². The number of piperazine rings is 1. The molecule has 8 heteroatoms. The van der Waals surface area contributed by atoms with E-state index in [-0.39, 0.29) is 23.4 Å². The summed E-state index contributed by atoms with van der Waals surface area (Å²) in [6, 6.07) is 12.7. The molecule has 8 nitrogen and oxygen atoms in total. The fourth-order valence-corrected chi connectivity index (χ4v) is 3.14. The standard InChI is InChI=1S/C19H22N4O4/c1-14(19(25)20-15-3-2-4-17(13-15)23(26)27)21-9-11-22(12-10-21)16-5-7-18(24)8-6-16/h2-8,13-14,24H,9-12H2,1H3,(H,20,25)/t14-/m0/s1. The van der Waals surface area contributed by atoms with Crippen LogP contribution in [0.3, 0.4) is 0 Å². The quantitative estimate of drug-likeness (QED) is 0.620. The molecule has 0 bridgehead atoms. The van der Waals surface area contributed by atoms with Gasteiger partial charge in [0.1, 0.15) is 5.75 Å². The summed E-state index contributed by atoms with van der Waals surface area (Å²) in [5.41, 5.74) is 1.41. The van der Waals surface area contributed by atoms with E-state index >= 15 is 0 Å². The van der Waals surface area contributed by atoms with Crippen LogP contribution < -0.4 is 10.2 Å². The number of hydrogen-bond donors (Lipinski definition) is 2. The second-order valence-corrected chi connectivity index (χ2v) is 6.51. The van der Waals surface area contributed by atoms with Crippen LogP contribution in [-0.4, -0.2) is 53.1 Å². The Hall–Kier alpha value is -3.13. The number of nitro benzene ring substituents is 1. The Balaban J connectivity index is 1.56. The van der Waals surface area contributed by atoms with Crippen LogP contribution in [0.25, 0.3) is 0 Å². The molecule has 1 fully saturated rings. The van der Waals surface area contributed by atoms with Crippen LogP contribution in [0.1, 0.15) is 6.92 Å². The molecule has 1 aliphatic rings. The van der Waals surface area contributed by atoms with E-state index in [2.05, 4.69) is 15.1 Å². The Labute approximate surface area is 157 Å². The lowest BCUT2D eigenvalue weighted by atomic mass is 10.2. The first kappa shape index (κ1) is 18.7. The predicted octanol–water partition coefficient (Wildman–Crippen LogP) is 2.45. The number of carbonyl (C=O) groups is 1. The Morgan fingerprint density at radius 1 is 1.15 bits per heavy atom. The number of nitrogens with zero attached hydrogens (tertiary/aromatic N) is 3. The zero-order chi connectivity index (χ0) is 19.4. The van der Waals surface area contributed by atoms with E-state index in [9.17, 15) is 20.0 Å². The van der Waals surface area contributed by atoms with Gasteiger partial charge in [-0.15, -0.1) is 0 Å². The molecular weight excluding hydrogens is 348 g/mol. The maximum absolute atomic E-state index is 12.5. The fourth-order valence-electron chi connectivity index (χ4n) is 3.14. The van der Waals surface area contributed by atoms with Crippen LogP contribution in [0.5, 0.6) is 5.75 Å². The third-order valence-corrected chi connectivity index (χ3v) is 4.78. The van der Waals surface area contributed by atoms with Gasteiger partial charge in [-0.05, 0) is 37.3 Å². The number of hydrogen-bond acceptors (Lipinski definition) is 6. The number of nitrogens with one attached hydrogen (secondary N) is 1. The highest BCUT2D eigenvalue weighted by Crippen LogP contribution is 2.21. The van der Waals surface area contributed by atoms with Crippen LogP contribution in [-0.2, 0) is 4.79 Å². The van der Waals surface area contributed by atoms with Gasteiger partial charge in [-0.3, -0.25) is 19.8 Å². The smallest absolute Gasteiger partial charge is 0.271 e. The average molecular weight is 370 g/mol.